The first kappa shape index (κ1) is 71.2. The van der Waals surface area contributed by atoms with E-state index >= 15 is 0 Å². The van der Waals surface area contributed by atoms with E-state index in [0.29, 0.717) is 0 Å². The topological polar surface area (TPSA) is 6.48 Å². The summed E-state index contributed by atoms with van der Waals surface area (Å²) in [5.74, 6) is 0. The Morgan fingerprint density at radius 3 is 0.731 bits per heavy atom. The second-order valence-corrected chi connectivity index (χ2v) is 33.1. The van der Waals surface area contributed by atoms with E-state index in [0.717, 1.165) is 0 Å². The first-order valence-electron chi connectivity index (χ1n) is 41.5. The minimum absolute atomic E-state index is 0.140. The van der Waals surface area contributed by atoms with Crippen molar-refractivity contribution in [2.75, 3.05) is 9.80 Å². The van der Waals surface area contributed by atoms with Crippen molar-refractivity contribution in [3.05, 3.63) is 263 Å². The second-order valence-electron chi connectivity index (χ2n) is 33.1. The zero-order valence-electron chi connectivity index (χ0n) is 64.5. The number of unbranched alkanes of at least 4 members (excludes halogenated alkanes) is 20. The van der Waals surface area contributed by atoms with Crippen LogP contribution in [0.3, 0.4) is 0 Å². The highest BCUT2D eigenvalue weighted by atomic mass is 15.1. The normalized spacial score (nSPS) is 14.8. The zero-order valence-corrected chi connectivity index (χ0v) is 64.5. The van der Waals surface area contributed by atoms with Gasteiger partial charge in [0.15, 0.2) is 0 Å². The number of fused-ring (bicyclic) bond motifs is 16. The summed E-state index contributed by atoms with van der Waals surface area (Å²) in [7, 11) is 0. The molecule has 2 nitrogen and oxygen atoms in total. The summed E-state index contributed by atoms with van der Waals surface area (Å²) < 4.78 is 0. The summed E-state index contributed by atoms with van der Waals surface area (Å²) in [6.45, 7) is 19.7. The molecule has 0 amide bonds. The van der Waals surface area contributed by atoms with Gasteiger partial charge in [-0.3, -0.25) is 0 Å². The van der Waals surface area contributed by atoms with Gasteiger partial charge in [0.2, 0.25) is 0 Å². The molecular weight excluding hydrogens is 1250 g/mol. The Kier molecular flexibility index (Phi) is 21.2. The third-order valence-electron chi connectivity index (χ3n) is 25.8. The van der Waals surface area contributed by atoms with Crippen molar-refractivity contribution in [1.29, 1.82) is 0 Å². The van der Waals surface area contributed by atoms with Crippen LogP contribution in [-0.2, 0) is 21.7 Å². The molecule has 0 aromatic heterocycles. The molecule has 0 radical (unpaired) electrons. The Hall–Kier alpha value is -8.46. The van der Waals surface area contributed by atoms with Crippen molar-refractivity contribution in [1.82, 2.24) is 0 Å². The van der Waals surface area contributed by atoms with Gasteiger partial charge in [0.05, 0.1) is 11.4 Å². The molecule has 15 rings (SSSR count). The van der Waals surface area contributed by atoms with Crippen molar-refractivity contribution >= 4 is 55.7 Å². The van der Waals surface area contributed by atoms with Gasteiger partial charge in [-0.15, -0.1) is 0 Å². The van der Waals surface area contributed by atoms with E-state index in [2.05, 4.69) is 284 Å². The van der Waals surface area contributed by atoms with Crippen LogP contribution in [0, 0.1) is 0 Å². The minimum atomic E-state index is -0.274. The Bertz CT molecular complexity index is 4380. The summed E-state index contributed by atoms with van der Waals surface area (Å²) in [5.41, 5.74) is 30.7. The first-order chi connectivity index (χ1) is 51.0. The van der Waals surface area contributed by atoms with Crippen LogP contribution < -0.4 is 9.80 Å². The lowest BCUT2D eigenvalue weighted by Gasteiger charge is -2.35. The predicted octanol–water partition coefficient (Wildman–Crippen LogP) is 31.1. The SMILES string of the molecule is CCCCCCCCC1(CCCCCCCC)c2cc3c(cc2-c2cc4c(cc21)-c1cc2c(cc1C4(CCCCCCCC)CCCCCCCC)-c1c(cc(N(c4ccccc4)c4ccccc4)c4ccccc14)C2(C)C)C(C)(C)c1cc(N(c2ccccc2)c2ccccc2)c2ccccc2c1-3. The molecule has 4 aliphatic carbocycles. The summed E-state index contributed by atoms with van der Waals surface area (Å²) in [6, 6.07) is 85.7. The molecule has 0 N–H and O–H groups in total. The standard InChI is InChI=1S/C102H116N2/c1-9-13-17-21-25-45-61-101(62-46-26-22-18-14-10-2)89-67-84-82-66-88-86(98-80-60-44-42-58-78(80)96(72-94(98)100(88,7)8)104(75-53-37-31-38-54-75)76-55-39-32-40-56-76)70-92(82)102(63-47-27-23-19-15-11-3,64-48-28-24-20-16-12-4)90(84)68-83(89)81-65-87-85(69-91(81)101)97-79-59-43-41-57-77(79)95(71-93(97)99(87,5)6)103(73-49-33-29-34-50-73)74-51-35-30-36-52-74/h29-44,49-60,65-72H,9-28,45-48,61-64H2,1-8H3. The molecule has 0 spiro atoms. The van der Waals surface area contributed by atoms with Crippen LogP contribution in [-0.4, -0.2) is 0 Å². The maximum absolute atomic E-state index is 2.93. The molecule has 104 heavy (non-hydrogen) atoms. The minimum Gasteiger partial charge on any atom is -0.310 e. The lowest BCUT2D eigenvalue weighted by atomic mass is 9.68. The fourth-order valence-corrected chi connectivity index (χ4v) is 20.3. The van der Waals surface area contributed by atoms with Gasteiger partial charge in [-0.1, -0.05) is 331 Å². The number of rotatable bonds is 34. The average Bonchev–Trinajstić information content (AvgIpc) is 1.51. The van der Waals surface area contributed by atoms with Crippen molar-refractivity contribution in [2.24, 2.45) is 0 Å². The molecule has 0 atom stereocenters. The lowest BCUT2D eigenvalue weighted by Crippen LogP contribution is -2.27. The number of hydrogen-bond donors (Lipinski definition) is 0. The molecule has 0 saturated carbocycles. The van der Waals surface area contributed by atoms with E-state index in [1.165, 1.54) is 291 Å². The van der Waals surface area contributed by atoms with E-state index < -0.39 is 0 Å². The monoisotopic (exact) mass is 1370 g/mol. The van der Waals surface area contributed by atoms with Crippen LogP contribution in [0.25, 0.3) is 66.1 Å². The van der Waals surface area contributed by atoms with Gasteiger partial charge in [-0.2, -0.15) is 0 Å². The quantitative estimate of drug-likeness (QED) is 0.0371. The van der Waals surface area contributed by atoms with Crippen LogP contribution in [0.1, 0.15) is 280 Å². The van der Waals surface area contributed by atoms with Gasteiger partial charge in [0, 0.05) is 55.2 Å². The van der Waals surface area contributed by atoms with Crippen LogP contribution in [0.2, 0.25) is 0 Å². The van der Waals surface area contributed by atoms with Gasteiger partial charge in [-0.25, -0.2) is 0 Å². The van der Waals surface area contributed by atoms with E-state index in [9.17, 15) is 0 Å². The van der Waals surface area contributed by atoms with Gasteiger partial charge < -0.3 is 9.80 Å². The molecule has 0 unspecified atom stereocenters. The predicted molar refractivity (Wildman–Crippen MR) is 450 cm³/mol. The van der Waals surface area contributed by atoms with Crippen molar-refractivity contribution in [3.8, 4) is 44.5 Å². The average molecular weight is 1370 g/mol. The van der Waals surface area contributed by atoms with Crippen molar-refractivity contribution in [3.63, 3.8) is 0 Å². The van der Waals surface area contributed by atoms with E-state index in [1.807, 2.05) is 0 Å². The Morgan fingerprint density at radius 2 is 0.452 bits per heavy atom. The molecule has 0 fully saturated rings. The molecule has 11 aromatic carbocycles. The summed E-state index contributed by atoms with van der Waals surface area (Å²) in [6.07, 6.45) is 35.9. The van der Waals surface area contributed by atoms with Crippen molar-refractivity contribution in [2.45, 2.75) is 257 Å². The number of benzene rings is 11. The van der Waals surface area contributed by atoms with Crippen LogP contribution in [0.5, 0.6) is 0 Å². The third kappa shape index (κ3) is 12.9. The molecule has 4 aliphatic rings. The third-order valence-corrected chi connectivity index (χ3v) is 25.8. The second kappa shape index (κ2) is 30.9. The molecule has 0 heterocycles. The fourth-order valence-electron chi connectivity index (χ4n) is 20.3. The number of anilines is 6. The zero-order chi connectivity index (χ0) is 71.4. The maximum Gasteiger partial charge on any atom is 0.0543 e. The first-order valence-corrected chi connectivity index (χ1v) is 41.5. The highest BCUT2D eigenvalue weighted by Crippen LogP contribution is 2.66. The van der Waals surface area contributed by atoms with E-state index in [-0.39, 0.29) is 21.7 Å². The maximum atomic E-state index is 2.93. The van der Waals surface area contributed by atoms with E-state index in [4.69, 9.17) is 0 Å². The number of para-hydroxylation sites is 4. The molecule has 0 bridgehead atoms. The van der Waals surface area contributed by atoms with Gasteiger partial charge >= 0.3 is 0 Å². The number of nitrogens with zero attached hydrogens (tertiary/aromatic N) is 2. The van der Waals surface area contributed by atoms with E-state index in [1.54, 1.807) is 33.4 Å². The van der Waals surface area contributed by atoms with Gasteiger partial charge in [-0.05, 0) is 223 Å². The summed E-state index contributed by atoms with van der Waals surface area (Å²) in [5, 5.41) is 5.30. The van der Waals surface area contributed by atoms with Crippen LogP contribution in [0.4, 0.5) is 34.1 Å². The molecule has 2 heteroatoms. The van der Waals surface area contributed by atoms with Crippen LogP contribution in [0.15, 0.2) is 218 Å². The fraction of sp³-hybridized carbons (Fsp3) is 0.392. The molecule has 11 aromatic rings. The van der Waals surface area contributed by atoms with Crippen LogP contribution >= 0.6 is 0 Å². The highest BCUT2D eigenvalue weighted by Gasteiger charge is 2.51. The Morgan fingerprint density at radius 1 is 0.221 bits per heavy atom. The Balaban J connectivity index is 0.962. The molecule has 0 aliphatic heterocycles. The van der Waals surface area contributed by atoms with Gasteiger partial charge in [0.1, 0.15) is 0 Å². The lowest BCUT2D eigenvalue weighted by molar-refractivity contribution is 0.394. The summed E-state index contributed by atoms with van der Waals surface area (Å²) in [4.78, 5) is 5.04. The van der Waals surface area contributed by atoms with Gasteiger partial charge in [0.25, 0.3) is 0 Å². The molecule has 534 valence electrons. The Labute approximate surface area is 625 Å². The summed E-state index contributed by atoms with van der Waals surface area (Å²) >= 11 is 0. The largest absolute Gasteiger partial charge is 0.310 e. The van der Waals surface area contributed by atoms with Crippen molar-refractivity contribution < 1.29 is 0 Å². The number of hydrogen-bond acceptors (Lipinski definition) is 2. The molecular formula is C102H116N2. The molecule has 0 saturated heterocycles. The smallest absolute Gasteiger partial charge is 0.0543 e. The highest BCUT2D eigenvalue weighted by molar-refractivity contribution is 6.12.